The van der Waals surface area contributed by atoms with E-state index in [2.05, 4.69) is 0 Å². The molecule has 0 N–H and O–H groups in total. The average Bonchev–Trinajstić information content (AvgIpc) is 2.45. The predicted octanol–water partition coefficient (Wildman–Crippen LogP) is 3.67. The summed E-state index contributed by atoms with van der Waals surface area (Å²) in [5, 5.41) is 0.0206. The van der Waals surface area contributed by atoms with Crippen LogP contribution in [0.15, 0.2) is 23.1 Å². The van der Waals surface area contributed by atoms with E-state index in [9.17, 15) is 13.2 Å². The van der Waals surface area contributed by atoms with Crippen molar-refractivity contribution in [3.05, 3.63) is 28.8 Å². The van der Waals surface area contributed by atoms with Gasteiger partial charge in [-0.15, -0.1) is 0 Å². The fourth-order valence-corrected chi connectivity index (χ4v) is 4.17. The quantitative estimate of drug-likeness (QED) is 0.782. The highest BCUT2D eigenvalue weighted by Gasteiger charge is 2.27. The predicted molar refractivity (Wildman–Crippen MR) is 83.5 cm³/mol. The van der Waals surface area contributed by atoms with Crippen molar-refractivity contribution in [2.24, 2.45) is 0 Å². The molecule has 0 aromatic heterocycles. The Hall–Kier alpha value is -0.780. The van der Waals surface area contributed by atoms with Gasteiger partial charge < -0.3 is 4.90 Å². The molecule has 1 aliphatic heterocycles. The van der Waals surface area contributed by atoms with Crippen LogP contribution in [0.2, 0.25) is 5.02 Å². The fraction of sp³-hybridized carbons (Fsp3) is 0.500. The maximum absolute atomic E-state index is 12.6. The molecule has 0 bridgehead atoms. The number of rotatable bonds is 3. The lowest BCUT2D eigenvalue weighted by molar-refractivity contribution is 0.0608. The van der Waals surface area contributed by atoms with Crippen LogP contribution in [0.1, 0.15) is 43.0 Å². The van der Waals surface area contributed by atoms with Crippen molar-refractivity contribution in [3.8, 4) is 0 Å². The smallest absolute Gasteiger partial charge is 0.262 e. The molecule has 1 saturated heterocycles. The van der Waals surface area contributed by atoms with E-state index in [0.717, 1.165) is 25.7 Å². The van der Waals surface area contributed by atoms with Gasteiger partial charge in [-0.3, -0.25) is 4.79 Å². The van der Waals surface area contributed by atoms with Crippen LogP contribution in [-0.4, -0.2) is 31.8 Å². The molecule has 2 rings (SSSR count). The summed E-state index contributed by atoms with van der Waals surface area (Å²) >= 11 is 5.84. The standard InChI is InChI=1S/C14H17Cl2NO3S/c1-2-11-5-3-4-8-17(11)14(18)10-6-7-12(15)13(9-10)21(16,19)20/h6-7,9,11H,2-5,8H2,1H3. The van der Waals surface area contributed by atoms with Gasteiger partial charge in [-0.05, 0) is 43.9 Å². The number of likely N-dealkylation sites (tertiary alicyclic amines) is 1. The molecule has 116 valence electrons. The topological polar surface area (TPSA) is 54.5 Å². The first-order chi connectivity index (χ1) is 9.84. The van der Waals surface area contributed by atoms with Crippen molar-refractivity contribution in [2.45, 2.75) is 43.5 Å². The molecule has 1 aromatic carbocycles. The number of carbonyl (C=O) groups is 1. The van der Waals surface area contributed by atoms with Crippen LogP contribution >= 0.6 is 22.3 Å². The van der Waals surface area contributed by atoms with Gasteiger partial charge in [-0.1, -0.05) is 18.5 Å². The third-order valence-corrected chi connectivity index (χ3v) is 5.60. The number of carbonyl (C=O) groups excluding carboxylic acids is 1. The molecule has 1 aromatic rings. The lowest BCUT2D eigenvalue weighted by Gasteiger charge is -2.35. The first-order valence-corrected chi connectivity index (χ1v) is 9.58. The Bertz CT molecular complexity index is 646. The van der Waals surface area contributed by atoms with Crippen LogP contribution in [0.3, 0.4) is 0 Å². The minimum atomic E-state index is -3.97. The first-order valence-electron chi connectivity index (χ1n) is 6.89. The van der Waals surface area contributed by atoms with E-state index in [4.69, 9.17) is 22.3 Å². The summed E-state index contributed by atoms with van der Waals surface area (Å²) in [5.41, 5.74) is 0.305. The highest BCUT2D eigenvalue weighted by atomic mass is 35.7. The molecule has 1 amide bonds. The molecule has 1 unspecified atom stereocenters. The number of hydrogen-bond donors (Lipinski definition) is 0. The van der Waals surface area contributed by atoms with Gasteiger partial charge in [0.05, 0.1) is 5.02 Å². The molecule has 0 radical (unpaired) electrons. The molecular formula is C14H17Cl2NO3S. The number of nitrogens with zero attached hydrogens (tertiary/aromatic N) is 1. The molecule has 0 spiro atoms. The van der Waals surface area contributed by atoms with Crippen molar-refractivity contribution < 1.29 is 13.2 Å². The summed E-state index contributed by atoms with van der Waals surface area (Å²) in [6.07, 6.45) is 3.96. The normalized spacial score (nSPS) is 19.6. The Labute approximate surface area is 134 Å². The number of piperidine rings is 1. The van der Waals surface area contributed by atoms with Gasteiger partial charge in [-0.25, -0.2) is 8.42 Å². The summed E-state index contributed by atoms with van der Waals surface area (Å²) in [6, 6.07) is 4.40. The number of amides is 1. The maximum Gasteiger partial charge on any atom is 0.262 e. The van der Waals surface area contributed by atoms with E-state index in [1.165, 1.54) is 18.2 Å². The van der Waals surface area contributed by atoms with Crippen molar-refractivity contribution >= 4 is 37.2 Å². The Morgan fingerprint density at radius 2 is 2.10 bits per heavy atom. The van der Waals surface area contributed by atoms with Crippen molar-refractivity contribution in [1.82, 2.24) is 4.90 Å². The minimum absolute atomic E-state index is 0.0206. The Morgan fingerprint density at radius 1 is 1.38 bits per heavy atom. The van der Waals surface area contributed by atoms with E-state index < -0.39 is 9.05 Å². The van der Waals surface area contributed by atoms with Crippen LogP contribution in [0.25, 0.3) is 0 Å². The van der Waals surface area contributed by atoms with Crippen molar-refractivity contribution in [1.29, 1.82) is 0 Å². The molecule has 21 heavy (non-hydrogen) atoms. The van der Waals surface area contributed by atoms with Crippen molar-refractivity contribution in [3.63, 3.8) is 0 Å². The summed E-state index contributed by atoms with van der Waals surface area (Å²) in [7, 11) is 1.38. The van der Waals surface area contributed by atoms with Crippen LogP contribution in [0.4, 0.5) is 0 Å². The van der Waals surface area contributed by atoms with E-state index >= 15 is 0 Å². The molecule has 0 aliphatic carbocycles. The zero-order chi connectivity index (χ0) is 15.6. The van der Waals surface area contributed by atoms with E-state index in [1.807, 2.05) is 11.8 Å². The second kappa shape index (κ2) is 6.55. The molecule has 7 heteroatoms. The third-order valence-electron chi connectivity index (χ3n) is 3.80. The van der Waals surface area contributed by atoms with Gasteiger partial charge in [0.2, 0.25) is 0 Å². The first kappa shape index (κ1) is 16.6. The Morgan fingerprint density at radius 3 is 2.71 bits per heavy atom. The molecule has 1 heterocycles. The van der Waals surface area contributed by atoms with Crippen LogP contribution in [0, 0.1) is 0 Å². The molecular weight excluding hydrogens is 333 g/mol. The van der Waals surface area contributed by atoms with E-state index in [1.54, 1.807) is 0 Å². The molecule has 1 aliphatic rings. The highest BCUT2D eigenvalue weighted by molar-refractivity contribution is 8.13. The maximum atomic E-state index is 12.6. The zero-order valence-corrected chi connectivity index (χ0v) is 14.0. The highest BCUT2D eigenvalue weighted by Crippen LogP contribution is 2.28. The SMILES string of the molecule is CCC1CCCCN1C(=O)c1ccc(Cl)c(S(=O)(=O)Cl)c1. The lowest BCUT2D eigenvalue weighted by atomic mass is 9.99. The summed E-state index contributed by atoms with van der Waals surface area (Å²) in [5.74, 6) is -0.167. The van der Waals surface area contributed by atoms with Gasteiger partial charge in [0.25, 0.3) is 15.0 Å². The van der Waals surface area contributed by atoms with Crippen LogP contribution in [-0.2, 0) is 9.05 Å². The molecule has 1 fully saturated rings. The lowest BCUT2D eigenvalue weighted by Crippen LogP contribution is -2.43. The average molecular weight is 350 g/mol. The summed E-state index contributed by atoms with van der Waals surface area (Å²) in [6.45, 7) is 2.75. The Balaban J connectivity index is 2.35. The van der Waals surface area contributed by atoms with Gasteiger partial charge in [-0.2, -0.15) is 0 Å². The van der Waals surface area contributed by atoms with Gasteiger partial charge in [0.1, 0.15) is 4.90 Å². The zero-order valence-electron chi connectivity index (χ0n) is 11.7. The van der Waals surface area contributed by atoms with E-state index in [-0.39, 0.29) is 21.9 Å². The van der Waals surface area contributed by atoms with Gasteiger partial charge in [0, 0.05) is 28.8 Å². The molecule has 1 atom stereocenters. The summed E-state index contributed by atoms with van der Waals surface area (Å²) in [4.78, 5) is 14.2. The van der Waals surface area contributed by atoms with Gasteiger partial charge in [0.15, 0.2) is 0 Å². The second-order valence-electron chi connectivity index (χ2n) is 5.14. The number of benzene rings is 1. The number of halogens is 2. The number of hydrogen-bond acceptors (Lipinski definition) is 3. The second-order valence-corrected chi connectivity index (χ2v) is 8.08. The summed E-state index contributed by atoms with van der Waals surface area (Å²) < 4.78 is 23.0. The Kier molecular flexibility index (Phi) is 5.17. The minimum Gasteiger partial charge on any atom is -0.336 e. The van der Waals surface area contributed by atoms with E-state index in [0.29, 0.717) is 12.1 Å². The monoisotopic (exact) mass is 349 g/mol. The molecule has 4 nitrogen and oxygen atoms in total. The van der Waals surface area contributed by atoms with Crippen molar-refractivity contribution in [2.75, 3.05) is 6.54 Å². The largest absolute Gasteiger partial charge is 0.336 e. The fourth-order valence-electron chi connectivity index (χ4n) is 2.68. The van der Waals surface area contributed by atoms with Gasteiger partial charge >= 0.3 is 0 Å². The van der Waals surface area contributed by atoms with Crippen LogP contribution < -0.4 is 0 Å². The van der Waals surface area contributed by atoms with Crippen LogP contribution in [0.5, 0.6) is 0 Å². The molecule has 0 saturated carbocycles. The third kappa shape index (κ3) is 3.71.